The molecule has 1 aliphatic carbocycles. The quantitative estimate of drug-likeness (QED) is 0.339. The van der Waals surface area contributed by atoms with E-state index in [2.05, 4.69) is 33.8 Å². The Morgan fingerprint density at radius 2 is 1.82 bits per heavy atom. The van der Waals surface area contributed by atoms with Gasteiger partial charge >= 0.3 is 5.97 Å². The van der Waals surface area contributed by atoms with Crippen molar-refractivity contribution >= 4 is 17.7 Å². The van der Waals surface area contributed by atoms with E-state index in [-0.39, 0.29) is 0 Å². The third-order valence-electron chi connectivity index (χ3n) is 6.48. The number of rotatable bonds is 10. The second-order valence-electron chi connectivity index (χ2n) is 8.95. The molecule has 1 heterocycles. The number of aromatic carboxylic acids is 1. The summed E-state index contributed by atoms with van der Waals surface area (Å²) in [5, 5.41) is 19.6. The summed E-state index contributed by atoms with van der Waals surface area (Å²) in [4.78, 5) is 11.6. The van der Waals surface area contributed by atoms with Gasteiger partial charge in [0.15, 0.2) is 5.16 Å². The van der Waals surface area contributed by atoms with Crippen molar-refractivity contribution in [3.05, 3.63) is 65.5 Å². The van der Waals surface area contributed by atoms with E-state index < -0.39 is 5.97 Å². The Labute approximate surface area is 200 Å². The van der Waals surface area contributed by atoms with Gasteiger partial charge in [-0.25, -0.2) is 4.79 Å². The predicted octanol–water partition coefficient (Wildman–Crippen LogP) is 6.71. The highest BCUT2D eigenvalue weighted by Gasteiger charge is 2.18. The molecule has 0 unspecified atom stereocenters. The van der Waals surface area contributed by atoms with Crippen molar-refractivity contribution in [3.63, 3.8) is 0 Å². The zero-order valence-electron chi connectivity index (χ0n) is 19.4. The average Bonchev–Trinajstić information content (AvgIpc) is 3.23. The lowest BCUT2D eigenvalue weighted by Crippen LogP contribution is -2.11. The van der Waals surface area contributed by atoms with Crippen LogP contribution in [0.2, 0.25) is 0 Å². The molecule has 0 amide bonds. The van der Waals surface area contributed by atoms with Crippen molar-refractivity contribution < 1.29 is 9.90 Å². The molecule has 0 spiro atoms. The summed E-state index contributed by atoms with van der Waals surface area (Å²) in [6.07, 6.45) is 9.95. The fraction of sp³-hybridized carbons (Fsp3) is 0.444. The largest absolute Gasteiger partial charge is 0.478 e. The Morgan fingerprint density at radius 1 is 1.06 bits per heavy atom. The number of thioether (sulfide) groups is 1. The summed E-state index contributed by atoms with van der Waals surface area (Å²) in [5.74, 6) is 2.07. The number of hydrogen-bond donors (Lipinski definition) is 1. The highest BCUT2D eigenvalue weighted by Crippen LogP contribution is 2.30. The van der Waals surface area contributed by atoms with Crippen LogP contribution in [0.15, 0.2) is 53.7 Å². The standard InChI is InChI=1S/C27H33N3O2S/c1-2-3-13-25-28-29-27(33-19-21-9-5-4-6-10-21)30(25)18-20-14-16-22(17-15-20)23-11-7-8-12-24(23)26(31)32/h7-8,11-12,14-17,21H,2-6,9-10,13,18-19H2,1H3,(H,31,32). The molecule has 3 aromatic rings. The van der Waals surface area contributed by atoms with Crippen molar-refractivity contribution in [2.24, 2.45) is 5.92 Å². The Bertz CT molecular complexity index is 1060. The monoisotopic (exact) mass is 463 g/mol. The smallest absolute Gasteiger partial charge is 0.336 e. The van der Waals surface area contributed by atoms with Gasteiger partial charge in [0.05, 0.1) is 12.1 Å². The highest BCUT2D eigenvalue weighted by molar-refractivity contribution is 7.99. The zero-order chi connectivity index (χ0) is 23.0. The molecule has 0 saturated heterocycles. The number of aromatic nitrogens is 3. The zero-order valence-corrected chi connectivity index (χ0v) is 20.2. The number of unbranched alkanes of at least 4 members (excludes halogenated alkanes) is 1. The predicted molar refractivity (Wildman–Crippen MR) is 134 cm³/mol. The van der Waals surface area contributed by atoms with Crippen LogP contribution in [-0.4, -0.2) is 31.6 Å². The van der Waals surface area contributed by atoms with Crippen molar-refractivity contribution in [2.75, 3.05) is 5.75 Å². The van der Waals surface area contributed by atoms with Gasteiger partial charge < -0.3 is 9.67 Å². The van der Waals surface area contributed by atoms with Crippen LogP contribution in [0.5, 0.6) is 0 Å². The fourth-order valence-corrected chi connectivity index (χ4v) is 5.69. The Morgan fingerprint density at radius 3 is 2.55 bits per heavy atom. The molecule has 0 bridgehead atoms. The molecular weight excluding hydrogens is 430 g/mol. The van der Waals surface area contributed by atoms with Crippen molar-refractivity contribution in [2.45, 2.75) is 70.0 Å². The van der Waals surface area contributed by atoms with Gasteiger partial charge in [-0.1, -0.05) is 86.8 Å². The van der Waals surface area contributed by atoms with E-state index in [1.165, 1.54) is 37.7 Å². The van der Waals surface area contributed by atoms with E-state index in [0.29, 0.717) is 5.56 Å². The first kappa shape index (κ1) is 23.6. The molecule has 1 N–H and O–H groups in total. The first-order valence-electron chi connectivity index (χ1n) is 12.1. The number of aryl methyl sites for hydroxylation is 1. The Hall–Kier alpha value is -2.60. The lowest BCUT2D eigenvalue weighted by atomic mass is 9.91. The summed E-state index contributed by atoms with van der Waals surface area (Å²) in [6, 6.07) is 15.4. The van der Waals surface area contributed by atoms with Gasteiger partial charge in [-0.15, -0.1) is 10.2 Å². The van der Waals surface area contributed by atoms with Gasteiger partial charge in [0.2, 0.25) is 0 Å². The van der Waals surface area contributed by atoms with Crippen LogP contribution in [0, 0.1) is 5.92 Å². The fourth-order valence-electron chi connectivity index (χ4n) is 4.54. The highest BCUT2D eigenvalue weighted by atomic mass is 32.2. The minimum atomic E-state index is -0.903. The molecular formula is C27H33N3O2S. The number of hydrogen-bond acceptors (Lipinski definition) is 4. The molecule has 6 heteroatoms. The molecule has 1 fully saturated rings. The van der Waals surface area contributed by atoms with Crippen molar-refractivity contribution in [1.82, 2.24) is 14.8 Å². The molecule has 1 aromatic heterocycles. The van der Waals surface area contributed by atoms with E-state index in [1.807, 2.05) is 36.0 Å². The van der Waals surface area contributed by atoms with Crippen LogP contribution in [0.4, 0.5) is 0 Å². The number of carbonyl (C=O) groups is 1. The summed E-state index contributed by atoms with van der Waals surface area (Å²) >= 11 is 1.86. The maximum absolute atomic E-state index is 11.6. The summed E-state index contributed by atoms with van der Waals surface area (Å²) in [7, 11) is 0. The second kappa shape index (κ2) is 11.5. The maximum Gasteiger partial charge on any atom is 0.336 e. The van der Waals surface area contributed by atoms with Crippen LogP contribution in [-0.2, 0) is 13.0 Å². The second-order valence-corrected chi connectivity index (χ2v) is 9.94. The molecule has 2 aromatic carbocycles. The van der Waals surface area contributed by atoms with Gasteiger partial charge in [-0.05, 0) is 47.9 Å². The minimum absolute atomic E-state index is 0.326. The number of carboxylic acid groups (broad SMARTS) is 1. The van der Waals surface area contributed by atoms with E-state index in [9.17, 15) is 9.90 Å². The first-order chi connectivity index (χ1) is 16.2. The molecule has 33 heavy (non-hydrogen) atoms. The number of benzene rings is 2. The molecule has 0 atom stereocenters. The van der Waals surface area contributed by atoms with Crippen LogP contribution in [0.1, 0.15) is 73.6 Å². The Balaban J connectivity index is 1.52. The third-order valence-corrected chi connectivity index (χ3v) is 7.68. The molecule has 1 saturated carbocycles. The normalized spacial score (nSPS) is 14.5. The minimum Gasteiger partial charge on any atom is -0.478 e. The molecule has 5 nitrogen and oxygen atoms in total. The van der Waals surface area contributed by atoms with Gasteiger partial charge in [0.1, 0.15) is 5.82 Å². The van der Waals surface area contributed by atoms with Crippen molar-refractivity contribution in [3.8, 4) is 11.1 Å². The third kappa shape index (κ3) is 6.05. The number of carboxylic acids is 1. The van der Waals surface area contributed by atoms with Crippen molar-refractivity contribution in [1.29, 1.82) is 0 Å². The summed E-state index contributed by atoms with van der Waals surface area (Å²) in [5.41, 5.74) is 3.16. The van der Waals surface area contributed by atoms with E-state index >= 15 is 0 Å². The SMILES string of the molecule is CCCCc1nnc(SCC2CCCCC2)n1Cc1ccc(-c2ccccc2C(=O)O)cc1. The van der Waals surface area contributed by atoms with Crippen LogP contribution in [0.25, 0.3) is 11.1 Å². The lowest BCUT2D eigenvalue weighted by molar-refractivity contribution is 0.0697. The average molecular weight is 464 g/mol. The van der Waals surface area contributed by atoms with Crippen LogP contribution >= 0.6 is 11.8 Å². The molecule has 4 rings (SSSR count). The lowest BCUT2D eigenvalue weighted by Gasteiger charge is -2.20. The van der Waals surface area contributed by atoms with Crippen LogP contribution < -0.4 is 0 Å². The molecule has 0 radical (unpaired) electrons. The maximum atomic E-state index is 11.6. The first-order valence-corrected chi connectivity index (χ1v) is 13.1. The van der Waals surface area contributed by atoms with Gasteiger partial charge in [-0.3, -0.25) is 0 Å². The molecule has 1 aliphatic rings. The van der Waals surface area contributed by atoms with E-state index in [1.54, 1.807) is 12.1 Å². The summed E-state index contributed by atoms with van der Waals surface area (Å²) in [6.45, 7) is 2.94. The van der Waals surface area contributed by atoms with Gasteiger partial charge in [0, 0.05) is 12.2 Å². The van der Waals surface area contributed by atoms with E-state index in [0.717, 1.165) is 59.6 Å². The van der Waals surface area contributed by atoms with Gasteiger partial charge in [0.25, 0.3) is 0 Å². The summed E-state index contributed by atoms with van der Waals surface area (Å²) < 4.78 is 2.28. The molecule has 174 valence electrons. The van der Waals surface area contributed by atoms with E-state index in [4.69, 9.17) is 0 Å². The molecule has 0 aliphatic heterocycles. The number of nitrogens with zero attached hydrogens (tertiary/aromatic N) is 3. The Kier molecular flexibility index (Phi) is 8.21. The van der Waals surface area contributed by atoms with Gasteiger partial charge in [-0.2, -0.15) is 0 Å². The topological polar surface area (TPSA) is 68.0 Å². The van der Waals surface area contributed by atoms with Crippen LogP contribution in [0.3, 0.4) is 0 Å².